The molecule has 2 N–H and O–H groups in total. The van der Waals surface area contributed by atoms with Crippen LogP contribution >= 0.6 is 0 Å². The van der Waals surface area contributed by atoms with Crippen molar-refractivity contribution in [3.63, 3.8) is 0 Å². The van der Waals surface area contributed by atoms with E-state index in [1.165, 1.54) is 18.2 Å². The fourth-order valence-corrected chi connectivity index (χ4v) is 3.67. The molecular weight excluding hydrogens is 344 g/mol. The Morgan fingerprint density at radius 2 is 1.78 bits per heavy atom. The van der Waals surface area contributed by atoms with Crippen molar-refractivity contribution in [3.05, 3.63) is 82.4 Å². The number of nitro benzene ring substituents is 1. The number of rotatable bonds is 2. The third-order valence-electron chi connectivity index (χ3n) is 4.89. The molecule has 7 nitrogen and oxygen atoms in total. The minimum Gasteiger partial charge on any atom is -0.872 e. The number of anilines is 1. The van der Waals surface area contributed by atoms with Gasteiger partial charge in [0.25, 0.3) is 11.5 Å². The van der Waals surface area contributed by atoms with Gasteiger partial charge >= 0.3 is 0 Å². The highest BCUT2D eigenvalue weighted by molar-refractivity contribution is 5.80. The fourth-order valence-electron chi connectivity index (χ4n) is 3.67. The van der Waals surface area contributed by atoms with Gasteiger partial charge < -0.3 is 10.4 Å². The molecule has 4 aromatic rings. The Hall–Kier alpha value is -3.87. The first kappa shape index (κ1) is 15.4. The van der Waals surface area contributed by atoms with Crippen LogP contribution < -0.4 is 15.0 Å². The lowest BCUT2D eigenvalue weighted by Gasteiger charge is -2.27. The molecule has 1 aliphatic heterocycles. The summed E-state index contributed by atoms with van der Waals surface area (Å²) >= 11 is 0. The molecule has 0 fully saturated rings. The number of hydrogen-bond acceptors (Lipinski definition) is 4. The van der Waals surface area contributed by atoms with Crippen molar-refractivity contribution in [1.29, 1.82) is 0 Å². The number of para-hydroxylation sites is 3. The standard InChI is InChI=1S/C20H14N4O3/c25-18-10-9-12(24(26)27)11-14(18)20-21-15-6-2-1-5-13(15)19-22-16-7-3-4-8-17(16)23(19)20/h1-11,20H,(H2,21,22,25). The van der Waals surface area contributed by atoms with E-state index in [4.69, 9.17) is 0 Å². The van der Waals surface area contributed by atoms with Crippen molar-refractivity contribution in [3.8, 4) is 17.1 Å². The molecule has 27 heavy (non-hydrogen) atoms. The third-order valence-corrected chi connectivity index (χ3v) is 4.89. The predicted octanol–water partition coefficient (Wildman–Crippen LogP) is 3.08. The molecular formula is C20H14N4O3. The van der Waals surface area contributed by atoms with Crippen molar-refractivity contribution >= 4 is 22.4 Å². The number of aromatic amines is 1. The topological polar surface area (TPSA) is 97.9 Å². The normalized spacial score (nSPS) is 15.0. The smallest absolute Gasteiger partial charge is 0.291 e. The summed E-state index contributed by atoms with van der Waals surface area (Å²) in [6.07, 6.45) is -0.557. The maximum Gasteiger partial charge on any atom is 0.291 e. The maximum atomic E-state index is 12.6. The van der Waals surface area contributed by atoms with Crippen LogP contribution in [-0.4, -0.2) is 9.91 Å². The number of H-pyrrole nitrogens is 1. The summed E-state index contributed by atoms with van der Waals surface area (Å²) in [7, 11) is 0. The zero-order chi connectivity index (χ0) is 18.5. The predicted molar refractivity (Wildman–Crippen MR) is 98.2 cm³/mol. The first-order valence-electron chi connectivity index (χ1n) is 8.47. The van der Waals surface area contributed by atoms with E-state index in [1.54, 1.807) is 0 Å². The van der Waals surface area contributed by atoms with Gasteiger partial charge in [0.1, 0.15) is 0 Å². The van der Waals surface area contributed by atoms with Gasteiger partial charge in [0.2, 0.25) is 0 Å². The second-order valence-corrected chi connectivity index (χ2v) is 6.43. The Morgan fingerprint density at radius 1 is 1.00 bits per heavy atom. The van der Waals surface area contributed by atoms with E-state index in [9.17, 15) is 15.2 Å². The molecule has 0 bridgehead atoms. The summed E-state index contributed by atoms with van der Waals surface area (Å²) in [5.74, 6) is 0.600. The summed E-state index contributed by atoms with van der Waals surface area (Å²) in [5.41, 5.74) is 3.89. The molecule has 132 valence electrons. The number of nitrogens with zero attached hydrogens (tertiary/aromatic N) is 2. The largest absolute Gasteiger partial charge is 0.872 e. The van der Waals surface area contributed by atoms with E-state index in [2.05, 4.69) is 10.3 Å². The highest BCUT2D eigenvalue weighted by Gasteiger charge is 2.35. The lowest BCUT2D eigenvalue weighted by atomic mass is 10.0. The van der Waals surface area contributed by atoms with E-state index in [1.807, 2.05) is 53.1 Å². The lowest BCUT2D eigenvalue weighted by Crippen LogP contribution is -2.48. The van der Waals surface area contributed by atoms with Gasteiger partial charge in [0.15, 0.2) is 17.2 Å². The maximum absolute atomic E-state index is 12.6. The van der Waals surface area contributed by atoms with Crippen LogP contribution in [-0.2, 0) is 0 Å². The molecule has 0 saturated heterocycles. The molecule has 0 radical (unpaired) electrons. The third kappa shape index (κ3) is 2.25. The number of non-ortho nitro benzene ring substituents is 1. The van der Waals surface area contributed by atoms with Crippen LogP contribution in [0.4, 0.5) is 11.4 Å². The van der Waals surface area contributed by atoms with Crippen molar-refractivity contribution in [2.75, 3.05) is 5.32 Å². The van der Waals surface area contributed by atoms with E-state index < -0.39 is 11.1 Å². The minimum atomic E-state index is -0.557. The fraction of sp³-hybridized carbons (Fsp3) is 0.0500. The zero-order valence-electron chi connectivity index (χ0n) is 14.0. The van der Waals surface area contributed by atoms with Gasteiger partial charge in [-0.05, 0) is 24.3 Å². The van der Waals surface area contributed by atoms with Gasteiger partial charge in [-0.1, -0.05) is 36.1 Å². The highest BCUT2D eigenvalue weighted by atomic mass is 16.6. The molecule has 0 aliphatic carbocycles. The number of fused-ring (bicyclic) bond motifs is 5. The Balaban J connectivity index is 1.82. The summed E-state index contributed by atoms with van der Waals surface area (Å²) in [6, 6.07) is 19.4. The van der Waals surface area contributed by atoms with Crippen molar-refractivity contribution in [1.82, 2.24) is 4.98 Å². The summed E-state index contributed by atoms with van der Waals surface area (Å²) in [6.45, 7) is 0. The van der Waals surface area contributed by atoms with Gasteiger partial charge in [-0.25, -0.2) is 4.98 Å². The lowest BCUT2D eigenvalue weighted by molar-refractivity contribution is -0.673. The van der Waals surface area contributed by atoms with E-state index in [0.29, 0.717) is 5.56 Å². The highest BCUT2D eigenvalue weighted by Crippen LogP contribution is 2.37. The Labute approximate surface area is 153 Å². The molecule has 0 spiro atoms. The van der Waals surface area contributed by atoms with E-state index in [-0.39, 0.29) is 11.4 Å². The van der Waals surface area contributed by atoms with E-state index >= 15 is 0 Å². The first-order chi connectivity index (χ1) is 13.1. The second-order valence-electron chi connectivity index (χ2n) is 6.43. The average Bonchev–Trinajstić information content (AvgIpc) is 3.07. The SMILES string of the molecule is O=[N+]([O-])c1ccc([O-])c(C2Nc3ccccc3-c3[nH]c4ccccc4[n+]32)c1. The molecule has 7 heteroatoms. The van der Waals surface area contributed by atoms with Crippen LogP contribution in [0.2, 0.25) is 0 Å². The molecule has 1 aromatic heterocycles. The average molecular weight is 358 g/mol. The quantitative estimate of drug-likeness (QED) is 0.327. The summed E-state index contributed by atoms with van der Waals surface area (Å²) < 4.78 is 1.98. The Bertz CT molecular complexity index is 1220. The number of benzene rings is 3. The number of imidazole rings is 1. The number of aromatic nitrogens is 2. The molecule has 2 heterocycles. The van der Waals surface area contributed by atoms with Crippen LogP contribution in [0, 0.1) is 10.1 Å². The number of hydrogen-bond donors (Lipinski definition) is 2. The molecule has 1 unspecified atom stereocenters. The van der Waals surface area contributed by atoms with Crippen LogP contribution in [0.15, 0.2) is 66.7 Å². The second kappa shape index (κ2) is 5.57. The number of nitro groups is 1. The molecule has 1 aliphatic rings. The molecule has 5 rings (SSSR count). The van der Waals surface area contributed by atoms with Gasteiger partial charge in [-0.15, -0.1) is 0 Å². The van der Waals surface area contributed by atoms with Crippen LogP contribution in [0.3, 0.4) is 0 Å². The molecule has 1 atom stereocenters. The zero-order valence-corrected chi connectivity index (χ0v) is 14.0. The molecule has 3 aromatic carbocycles. The van der Waals surface area contributed by atoms with Crippen molar-refractivity contribution in [2.45, 2.75) is 6.17 Å². The van der Waals surface area contributed by atoms with Gasteiger partial charge in [0, 0.05) is 17.7 Å². The van der Waals surface area contributed by atoms with Gasteiger partial charge in [-0.2, -0.15) is 4.57 Å². The summed E-state index contributed by atoms with van der Waals surface area (Å²) in [4.78, 5) is 14.2. The Kier molecular flexibility index (Phi) is 3.17. The Morgan fingerprint density at radius 3 is 2.63 bits per heavy atom. The van der Waals surface area contributed by atoms with Crippen molar-refractivity contribution in [2.24, 2.45) is 0 Å². The number of nitrogens with one attached hydrogen (secondary N) is 2. The van der Waals surface area contributed by atoms with Crippen LogP contribution in [0.1, 0.15) is 11.7 Å². The van der Waals surface area contributed by atoms with Crippen molar-refractivity contribution < 1.29 is 14.6 Å². The molecule has 0 amide bonds. The van der Waals surface area contributed by atoms with Gasteiger partial charge in [0.05, 0.1) is 16.2 Å². The van der Waals surface area contributed by atoms with Crippen LogP contribution in [0.25, 0.3) is 22.4 Å². The first-order valence-corrected chi connectivity index (χ1v) is 8.47. The monoisotopic (exact) mass is 358 g/mol. The minimum absolute atomic E-state index is 0.104. The van der Waals surface area contributed by atoms with Gasteiger partial charge in [-0.3, -0.25) is 10.1 Å². The summed E-state index contributed by atoms with van der Waals surface area (Å²) in [5, 5.41) is 27.2. The van der Waals surface area contributed by atoms with Crippen LogP contribution in [0.5, 0.6) is 5.75 Å². The molecule has 0 saturated carbocycles. The van der Waals surface area contributed by atoms with E-state index in [0.717, 1.165) is 28.1 Å².